The van der Waals surface area contributed by atoms with Crippen molar-refractivity contribution in [3.05, 3.63) is 0 Å². The normalized spacial score (nSPS) is 30.0. The number of carbonyl (C=O) groups excluding carboxylic acids is 1. The number of piperazine rings is 1. The third-order valence-electron chi connectivity index (χ3n) is 3.83. The summed E-state index contributed by atoms with van der Waals surface area (Å²) in [5, 5.41) is 12.4. The zero-order valence-corrected chi connectivity index (χ0v) is 10.0. The maximum atomic E-state index is 12.3. The van der Waals surface area contributed by atoms with Crippen LogP contribution in [0.3, 0.4) is 0 Å². The molecule has 0 aromatic rings. The molecule has 1 aliphatic carbocycles. The van der Waals surface area contributed by atoms with Gasteiger partial charge in [-0.05, 0) is 12.8 Å². The number of hydrogen-bond donors (Lipinski definition) is 2. The molecular formula is C12H20N2O3. The van der Waals surface area contributed by atoms with Crippen LogP contribution < -0.4 is 5.32 Å². The van der Waals surface area contributed by atoms with Crippen molar-refractivity contribution in [3.63, 3.8) is 0 Å². The molecule has 0 aromatic heterocycles. The van der Waals surface area contributed by atoms with Crippen molar-refractivity contribution in [1.82, 2.24) is 10.2 Å². The van der Waals surface area contributed by atoms with E-state index in [1.807, 2.05) is 4.90 Å². The van der Waals surface area contributed by atoms with E-state index in [0.717, 1.165) is 32.4 Å². The zero-order valence-electron chi connectivity index (χ0n) is 10.0. The van der Waals surface area contributed by atoms with Gasteiger partial charge in [-0.2, -0.15) is 0 Å². The summed E-state index contributed by atoms with van der Waals surface area (Å²) in [4.78, 5) is 25.3. The molecule has 17 heavy (non-hydrogen) atoms. The minimum Gasteiger partial charge on any atom is -0.481 e. The maximum Gasteiger partial charge on any atom is 0.307 e. The van der Waals surface area contributed by atoms with Crippen molar-refractivity contribution in [2.75, 3.05) is 26.2 Å². The van der Waals surface area contributed by atoms with Crippen LogP contribution in [0.2, 0.25) is 0 Å². The van der Waals surface area contributed by atoms with E-state index in [0.29, 0.717) is 19.5 Å². The Morgan fingerprint density at radius 3 is 2.24 bits per heavy atom. The van der Waals surface area contributed by atoms with Gasteiger partial charge in [0, 0.05) is 26.2 Å². The standard InChI is InChI=1S/C12H20N2O3/c15-11(14-7-5-13-6-8-14)9-3-1-2-4-10(9)12(16)17/h9-10,13H,1-8H2,(H,16,17)/t9-,10-/m0/s1. The zero-order chi connectivity index (χ0) is 12.3. The van der Waals surface area contributed by atoms with Gasteiger partial charge in [-0.3, -0.25) is 9.59 Å². The van der Waals surface area contributed by atoms with Crippen LogP contribution in [0.25, 0.3) is 0 Å². The molecule has 5 heteroatoms. The number of rotatable bonds is 2. The van der Waals surface area contributed by atoms with Crippen LogP contribution in [0, 0.1) is 11.8 Å². The largest absolute Gasteiger partial charge is 0.481 e. The first-order chi connectivity index (χ1) is 8.20. The van der Waals surface area contributed by atoms with Crippen LogP contribution in [-0.4, -0.2) is 48.1 Å². The Labute approximate surface area is 101 Å². The van der Waals surface area contributed by atoms with Gasteiger partial charge in [0.05, 0.1) is 11.8 Å². The lowest BCUT2D eigenvalue weighted by Crippen LogP contribution is -2.50. The fourth-order valence-electron chi connectivity index (χ4n) is 2.84. The van der Waals surface area contributed by atoms with Gasteiger partial charge in [-0.15, -0.1) is 0 Å². The second-order valence-electron chi connectivity index (χ2n) is 4.91. The van der Waals surface area contributed by atoms with Crippen LogP contribution in [0.4, 0.5) is 0 Å². The van der Waals surface area contributed by atoms with Crippen LogP contribution in [-0.2, 0) is 9.59 Å². The monoisotopic (exact) mass is 240 g/mol. The van der Waals surface area contributed by atoms with Gasteiger partial charge in [0.15, 0.2) is 0 Å². The van der Waals surface area contributed by atoms with Crippen molar-refractivity contribution in [2.24, 2.45) is 11.8 Å². The lowest BCUT2D eigenvalue weighted by molar-refractivity contribution is -0.152. The summed E-state index contributed by atoms with van der Waals surface area (Å²) in [6, 6.07) is 0. The molecule has 0 unspecified atom stereocenters. The predicted molar refractivity (Wildman–Crippen MR) is 62.5 cm³/mol. The van der Waals surface area contributed by atoms with Gasteiger partial charge in [0.2, 0.25) is 5.91 Å². The molecule has 1 saturated heterocycles. The first-order valence-electron chi connectivity index (χ1n) is 6.42. The summed E-state index contributed by atoms with van der Waals surface area (Å²) in [6.07, 6.45) is 3.30. The Bertz CT molecular complexity index is 300. The lowest BCUT2D eigenvalue weighted by Gasteiger charge is -2.34. The molecule has 2 rings (SSSR count). The Kier molecular flexibility index (Phi) is 3.99. The molecule has 1 amide bonds. The molecule has 5 nitrogen and oxygen atoms in total. The summed E-state index contributed by atoms with van der Waals surface area (Å²) in [5.74, 6) is -1.51. The van der Waals surface area contributed by atoms with Gasteiger partial charge in [0.1, 0.15) is 0 Å². The molecule has 2 fully saturated rings. The van der Waals surface area contributed by atoms with E-state index in [9.17, 15) is 14.7 Å². The van der Waals surface area contributed by atoms with E-state index in [1.54, 1.807) is 0 Å². The molecule has 96 valence electrons. The number of nitrogens with zero attached hydrogens (tertiary/aromatic N) is 1. The molecule has 2 atom stereocenters. The summed E-state index contributed by atoms with van der Waals surface area (Å²) in [6.45, 7) is 3.05. The predicted octanol–water partition coefficient (Wildman–Crippen LogP) is 0.309. The average Bonchev–Trinajstić information content (AvgIpc) is 2.39. The Morgan fingerprint density at radius 1 is 1.06 bits per heavy atom. The van der Waals surface area contributed by atoms with E-state index in [4.69, 9.17) is 0 Å². The van der Waals surface area contributed by atoms with E-state index in [-0.39, 0.29) is 11.8 Å². The smallest absolute Gasteiger partial charge is 0.307 e. The molecule has 1 aliphatic heterocycles. The van der Waals surface area contributed by atoms with Gasteiger partial charge >= 0.3 is 5.97 Å². The molecule has 0 radical (unpaired) electrons. The van der Waals surface area contributed by atoms with E-state index < -0.39 is 11.9 Å². The highest BCUT2D eigenvalue weighted by Gasteiger charge is 2.37. The van der Waals surface area contributed by atoms with Gasteiger partial charge in [-0.1, -0.05) is 12.8 Å². The fraction of sp³-hybridized carbons (Fsp3) is 0.833. The van der Waals surface area contributed by atoms with Crippen molar-refractivity contribution >= 4 is 11.9 Å². The van der Waals surface area contributed by atoms with Crippen molar-refractivity contribution in [3.8, 4) is 0 Å². The SMILES string of the molecule is O=C(O)[C@H]1CCCC[C@@H]1C(=O)N1CCNCC1. The van der Waals surface area contributed by atoms with Crippen molar-refractivity contribution in [2.45, 2.75) is 25.7 Å². The minimum atomic E-state index is -0.807. The second kappa shape index (κ2) is 5.49. The van der Waals surface area contributed by atoms with Gasteiger partial charge in [-0.25, -0.2) is 0 Å². The molecule has 2 aliphatic rings. The number of carboxylic acid groups (broad SMARTS) is 1. The lowest BCUT2D eigenvalue weighted by atomic mass is 9.78. The van der Waals surface area contributed by atoms with Crippen LogP contribution in [0.5, 0.6) is 0 Å². The van der Waals surface area contributed by atoms with E-state index in [2.05, 4.69) is 5.32 Å². The van der Waals surface area contributed by atoms with E-state index in [1.165, 1.54) is 0 Å². The number of aliphatic carboxylic acids is 1. The highest BCUT2D eigenvalue weighted by atomic mass is 16.4. The van der Waals surface area contributed by atoms with Crippen molar-refractivity contribution in [1.29, 1.82) is 0 Å². The van der Waals surface area contributed by atoms with Crippen molar-refractivity contribution < 1.29 is 14.7 Å². The van der Waals surface area contributed by atoms with E-state index >= 15 is 0 Å². The number of carboxylic acids is 1. The quantitative estimate of drug-likeness (QED) is 0.729. The topological polar surface area (TPSA) is 69.6 Å². The molecule has 0 bridgehead atoms. The highest BCUT2D eigenvalue weighted by Crippen LogP contribution is 2.31. The molecule has 2 N–H and O–H groups in total. The maximum absolute atomic E-state index is 12.3. The summed E-state index contributed by atoms with van der Waals surface area (Å²) in [7, 11) is 0. The number of hydrogen-bond acceptors (Lipinski definition) is 3. The summed E-state index contributed by atoms with van der Waals surface area (Å²) in [5.41, 5.74) is 0. The van der Waals surface area contributed by atoms with Crippen LogP contribution >= 0.6 is 0 Å². The third kappa shape index (κ3) is 2.77. The first kappa shape index (κ1) is 12.4. The molecular weight excluding hydrogens is 220 g/mol. The second-order valence-corrected chi connectivity index (χ2v) is 4.91. The molecule has 0 aromatic carbocycles. The molecule has 0 spiro atoms. The van der Waals surface area contributed by atoms with Crippen LogP contribution in [0.1, 0.15) is 25.7 Å². The Hall–Kier alpha value is -1.10. The Morgan fingerprint density at radius 2 is 1.65 bits per heavy atom. The van der Waals surface area contributed by atoms with Gasteiger partial charge < -0.3 is 15.3 Å². The number of nitrogens with one attached hydrogen (secondary N) is 1. The highest BCUT2D eigenvalue weighted by molar-refractivity contribution is 5.85. The number of amides is 1. The minimum absolute atomic E-state index is 0.0543. The average molecular weight is 240 g/mol. The number of carbonyl (C=O) groups is 2. The summed E-state index contributed by atoms with van der Waals surface area (Å²) < 4.78 is 0. The summed E-state index contributed by atoms with van der Waals surface area (Å²) >= 11 is 0. The third-order valence-corrected chi connectivity index (χ3v) is 3.83. The van der Waals surface area contributed by atoms with Gasteiger partial charge in [0.25, 0.3) is 0 Å². The fourth-order valence-corrected chi connectivity index (χ4v) is 2.84. The molecule has 1 saturated carbocycles. The van der Waals surface area contributed by atoms with Crippen LogP contribution in [0.15, 0.2) is 0 Å². The Balaban J connectivity index is 2.02. The first-order valence-corrected chi connectivity index (χ1v) is 6.42. The molecule has 1 heterocycles.